The van der Waals surface area contributed by atoms with E-state index in [9.17, 15) is 9.59 Å². The number of aromatic nitrogens is 5. The van der Waals surface area contributed by atoms with Crippen molar-refractivity contribution in [3.05, 3.63) is 84.8 Å². The molecule has 12 heteroatoms. The van der Waals surface area contributed by atoms with Crippen LogP contribution in [0.3, 0.4) is 0 Å². The molecular weight excluding hydrogens is 524 g/mol. The maximum Gasteiger partial charge on any atom is 0.255 e. The molecule has 1 aliphatic heterocycles. The summed E-state index contributed by atoms with van der Waals surface area (Å²) in [6, 6.07) is 10.4. The number of benzene rings is 1. The number of rotatable bonds is 10. The minimum Gasteiger partial charge on any atom is -0.493 e. The van der Waals surface area contributed by atoms with E-state index in [-0.39, 0.29) is 18.4 Å². The third-order valence-corrected chi connectivity index (χ3v) is 6.93. The molecule has 1 aromatic carbocycles. The van der Waals surface area contributed by atoms with Crippen LogP contribution in [0.2, 0.25) is 0 Å². The van der Waals surface area contributed by atoms with Crippen molar-refractivity contribution in [2.75, 3.05) is 45.3 Å². The van der Waals surface area contributed by atoms with Crippen LogP contribution in [0, 0.1) is 0 Å². The number of aryl methyl sites for hydroxylation is 1. The number of carbonyl (C=O) groups is 2. The smallest absolute Gasteiger partial charge is 0.255 e. The first kappa shape index (κ1) is 27.6. The lowest BCUT2D eigenvalue weighted by atomic mass is 10.1. The van der Waals surface area contributed by atoms with Crippen molar-refractivity contribution in [3.8, 4) is 17.4 Å². The average molecular weight is 557 g/mol. The number of pyridine rings is 1. The highest BCUT2D eigenvalue weighted by Crippen LogP contribution is 2.28. The van der Waals surface area contributed by atoms with E-state index in [4.69, 9.17) is 9.47 Å². The van der Waals surface area contributed by atoms with Gasteiger partial charge in [0.2, 0.25) is 11.9 Å². The summed E-state index contributed by atoms with van der Waals surface area (Å²) in [5, 5.41) is 3.07. The molecule has 41 heavy (non-hydrogen) atoms. The van der Waals surface area contributed by atoms with Gasteiger partial charge in [-0.1, -0.05) is 6.07 Å². The molecule has 212 valence electrons. The van der Waals surface area contributed by atoms with Crippen LogP contribution in [-0.4, -0.2) is 87.7 Å². The summed E-state index contributed by atoms with van der Waals surface area (Å²) in [5.41, 5.74) is 1.57. The van der Waals surface area contributed by atoms with Gasteiger partial charge in [0.05, 0.1) is 26.3 Å². The van der Waals surface area contributed by atoms with Gasteiger partial charge in [-0.05, 0) is 48.7 Å². The number of imidazole rings is 1. The molecular formula is C29H32N8O4. The number of hydrogen-bond acceptors (Lipinski definition) is 9. The second kappa shape index (κ2) is 12.9. The van der Waals surface area contributed by atoms with Crippen LogP contribution in [0.15, 0.2) is 73.7 Å². The molecule has 0 radical (unpaired) electrons. The van der Waals surface area contributed by atoms with Gasteiger partial charge in [0.1, 0.15) is 18.2 Å². The molecule has 0 aliphatic carbocycles. The average Bonchev–Trinajstić information content (AvgIpc) is 3.58. The molecule has 1 saturated heterocycles. The van der Waals surface area contributed by atoms with Crippen LogP contribution in [0.4, 0.5) is 5.82 Å². The van der Waals surface area contributed by atoms with Gasteiger partial charge < -0.3 is 24.6 Å². The number of anilines is 1. The minimum absolute atomic E-state index is 0.161. The lowest BCUT2D eigenvalue weighted by molar-refractivity contribution is -0.123. The van der Waals surface area contributed by atoms with Crippen LogP contribution >= 0.6 is 0 Å². The van der Waals surface area contributed by atoms with E-state index in [1.165, 1.54) is 0 Å². The molecule has 0 saturated carbocycles. The zero-order valence-electron chi connectivity index (χ0n) is 23.0. The molecule has 0 spiro atoms. The lowest BCUT2D eigenvalue weighted by Crippen LogP contribution is -2.60. The maximum atomic E-state index is 13.6. The van der Waals surface area contributed by atoms with E-state index in [0.29, 0.717) is 48.5 Å². The number of amides is 2. The third-order valence-electron chi connectivity index (χ3n) is 6.93. The van der Waals surface area contributed by atoms with E-state index in [2.05, 4.69) is 25.3 Å². The summed E-state index contributed by atoms with van der Waals surface area (Å²) in [4.78, 5) is 47.6. The third kappa shape index (κ3) is 6.43. The van der Waals surface area contributed by atoms with E-state index >= 15 is 0 Å². The minimum atomic E-state index is -0.643. The van der Waals surface area contributed by atoms with E-state index in [0.717, 1.165) is 18.4 Å². The Hall–Kier alpha value is -5.00. The Labute approximate surface area is 238 Å². The fourth-order valence-corrected chi connectivity index (χ4v) is 4.80. The molecule has 1 unspecified atom stereocenters. The Morgan fingerprint density at radius 3 is 2.66 bits per heavy atom. The van der Waals surface area contributed by atoms with Gasteiger partial charge in [0.15, 0.2) is 11.5 Å². The monoisotopic (exact) mass is 556 g/mol. The predicted molar refractivity (Wildman–Crippen MR) is 151 cm³/mol. The van der Waals surface area contributed by atoms with Gasteiger partial charge in [-0.15, -0.1) is 0 Å². The molecule has 1 N–H and O–H groups in total. The summed E-state index contributed by atoms with van der Waals surface area (Å²) in [5.74, 6) is 2.05. The molecule has 3 aromatic heterocycles. The van der Waals surface area contributed by atoms with Crippen molar-refractivity contribution in [2.24, 2.45) is 0 Å². The molecule has 1 aliphatic rings. The Kier molecular flexibility index (Phi) is 8.67. The highest BCUT2D eigenvalue weighted by Gasteiger charge is 2.35. The first-order valence-corrected chi connectivity index (χ1v) is 13.3. The SMILES string of the molecule is COc1ccc(CCCNC(=O)C2CN(C(=O)c3cccnc3)CCN2c2ccnc(-n3ccnc3)n2)cc1OC. The topological polar surface area (TPSA) is 128 Å². The molecule has 0 bridgehead atoms. The zero-order valence-corrected chi connectivity index (χ0v) is 23.0. The Morgan fingerprint density at radius 1 is 1.02 bits per heavy atom. The summed E-state index contributed by atoms with van der Waals surface area (Å²) >= 11 is 0. The first-order chi connectivity index (χ1) is 20.1. The maximum absolute atomic E-state index is 13.6. The van der Waals surface area contributed by atoms with Crippen molar-refractivity contribution >= 4 is 17.6 Å². The van der Waals surface area contributed by atoms with Crippen molar-refractivity contribution < 1.29 is 19.1 Å². The highest BCUT2D eigenvalue weighted by atomic mass is 16.5. The largest absolute Gasteiger partial charge is 0.493 e. The van der Waals surface area contributed by atoms with Gasteiger partial charge in [0.25, 0.3) is 5.91 Å². The number of nitrogens with one attached hydrogen (secondary N) is 1. The molecule has 4 heterocycles. The van der Waals surface area contributed by atoms with Gasteiger partial charge >= 0.3 is 0 Å². The van der Waals surface area contributed by atoms with E-state index in [1.54, 1.807) is 79.2 Å². The standard InChI is InChI=1S/C29H32N8O4/c1-40-24-8-7-21(17-25(24)41-2)5-3-11-32-27(38)23-19-35(28(39)22-6-4-10-30-18-22)15-16-37(23)26-9-12-33-29(34-26)36-14-13-31-20-36/h4,6-10,12-14,17-18,20,23H,3,5,11,15-16,19H2,1-2H3,(H,32,38). The number of nitrogens with zero attached hydrogens (tertiary/aromatic N) is 7. The number of carbonyl (C=O) groups excluding carboxylic acids is 2. The zero-order chi connectivity index (χ0) is 28.6. The van der Waals surface area contributed by atoms with Crippen LogP contribution < -0.4 is 19.7 Å². The van der Waals surface area contributed by atoms with Gasteiger partial charge in [0, 0.05) is 50.6 Å². The number of methoxy groups -OCH3 is 2. The predicted octanol–water partition coefficient (Wildman–Crippen LogP) is 2.15. The fraction of sp³-hybridized carbons (Fsp3) is 0.310. The first-order valence-electron chi connectivity index (χ1n) is 13.3. The second-order valence-corrected chi connectivity index (χ2v) is 9.47. The van der Waals surface area contributed by atoms with Crippen molar-refractivity contribution in [3.63, 3.8) is 0 Å². The normalized spacial score (nSPS) is 14.9. The Balaban J connectivity index is 1.29. The Morgan fingerprint density at radius 2 is 1.90 bits per heavy atom. The summed E-state index contributed by atoms with van der Waals surface area (Å²) in [7, 11) is 3.21. The quantitative estimate of drug-likeness (QED) is 0.292. The number of hydrogen-bond donors (Lipinski definition) is 1. The van der Waals surface area contributed by atoms with E-state index in [1.807, 2.05) is 23.1 Å². The van der Waals surface area contributed by atoms with Crippen LogP contribution in [0.5, 0.6) is 11.5 Å². The fourth-order valence-electron chi connectivity index (χ4n) is 4.80. The molecule has 2 amide bonds. The second-order valence-electron chi connectivity index (χ2n) is 9.47. The molecule has 1 fully saturated rings. The Bertz CT molecular complexity index is 1460. The highest BCUT2D eigenvalue weighted by molar-refractivity contribution is 5.95. The molecule has 1 atom stereocenters. The van der Waals surface area contributed by atoms with Gasteiger partial charge in [-0.2, -0.15) is 4.98 Å². The van der Waals surface area contributed by atoms with Crippen molar-refractivity contribution in [1.29, 1.82) is 0 Å². The molecule has 5 rings (SSSR count). The van der Waals surface area contributed by atoms with Crippen molar-refractivity contribution in [1.82, 2.24) is 34.7 Å². The van der Waals surface area contributed by atoms with Crippen LogP contribution in [-0.2, 0) is 11.2 Å². The number of ether oxygens (including phenoxy) is 2. The van der Waals surface area contributed by atoms with Crippen molar-refractivity contribution in [2.45, 2.75) is 18.9 Å². The van der Waals surface area contributed by atoms with Gasteiger partial charge in [-0.25, -0.2) is 9.97 Å². The van der Waals surface area contributed by atoms with Gasteiger partial charge in [-0.3, -0.25) is 19.1 Å². The van der Waals surface area contributed by atoms with Crippen LogP contribution in [0.25, 0.3) is 5.95 Å². The van der Waals surface area contributed by atoms with Crippen LogP contribution in [0.1, 0.15) is 22.3 Å². The van der Waals surface area contributed by atoms with E-state index < -0.39 is 6.04 Å². The molecule has 4 aromatic rings. The molecule has 12 nitrogen and oxygen atoms in total. The number of piperazine rings is 1. The summed E-state index contributed by atoms with van der Waals surface area (Å²) in [6.07, 6.45) is 11.3. The summed E-state index contributed by atoms with van der Waals surface area (Å²) < 4.78 is 12.4. The lowest BCUT2D eigenvalue weighted by Gasteiger charge is -2.41. The summed E-state index contributed by atoms with van der Waals surface area (Å²) in [6.45, 7) is 1.54.